The van der Waals surface area contributed by atoms with E-state index in [0.717, 1.165) is 22.4 Å². The van der Waals surface area contributed by atoms with E-state index in [2.05, 4.69) is 31.3 Å². The van der Waals surface area contributed by atoms with E-state index in [1.54, 1.807) is 6.21 Å². The molecule has 3 aromatic rings. The molecule has 0 aliphatic rings. The first-order chi connectivity index (χ1) is 15.3. The number of para-hydroxylation sites is 1. The van der Waals surface area contributed by atoms with Crippen LogP contribution >= 0.6 is 11.6 Å². The summed E-state index contributed by atoms with van der Waals surface area (Å²) in [7, 11) is 0. The molecule has 0 fully saturated rings. The van der Waals surface area contributed by atoms with Gasteiger partial charge < -0.3 is 9.47 Å². The largest absolute Gasteiger partial charge is 0.489 e. The molecule has 0 unspecified atom stereocenters. The van der Waals surface area contributed by atoms with Crippen LogP contribution in [0.25, 0.3) is 0 Å². The van der Waals surface area contributed by atoms with Crippen LogP contribution < -0.4 is 14.9 Å². The topological polar surface area (TPSA) is 59.9 Å². The molecule has 5 nitrogen and oxygen atoms in total. The lowest BCUT2D eigenvalue weighted by atomic mass is 9.86. The predicted molar refractivity (Wildman–Crippen MR) is 129 cm³/mol. The summed E-state index contributed by atoms with van der Waals surface area (Å²) in [6, 6.07) is 22.7. The van der Waals surface area contributed by atoms with Crippen LogP contribution in [0.15, 0.2) is 77.9 Å². The first-order valence-corrected chi connectivity index (χ1v) is 10.7. The fourth-order valence-corrected chi connectivity index (χ4v) is 3.18. The number of hydrazone groups is 1. The zero-order valence-corrected chi connectivity index (χ0v) is 19.2. The fourth-order valence-electron chi connectivity index (χ4n) is 2.99. The summed E-state index contributed by atoms with van der Waals surface area (Å²) in [5.74, 6) is 1.09. The molecule has 0 atom stereocenters. The summed E-state index contributed by atoms with van der Waals surface area (Å²) in [5, 5.41) is 4.68. The van der Waals surface area contributed by atoms with Gasteiger partial charge in [-0.2, -0.15) is 5.10 Å². The standard InChI is InChI=1S/C26H27ClN2O3/c1-26(2,3)22-9-5-7-11-24(22)32-18-25(30)29-28-16-19-12-14-21(15-13-19)31-17-20-8-4-6-10-23(20)27/h4-16H,17-18H2,1-3H3,(H,29,30)/b28-16+. The van der Waals surface area contributed by atoms with Gasteiger partial charge in [0.1, 0.15) is 18.1 Å². The van der Waals surface area contributed by atoms with Crippen molar-refractivity contribution in [1.29, 1.82) is 0 Å². The highest BCUT2D eigenvalue weighted by molar-refractivity contribution is 6.31. The molecule has 0 saturated heterocycles. The molecule has 1 N–H and O–H groups in total. The van der Waals surface area contributed by atoms with E-state index in [4.69, 9.17) is 21.1 Å². The highest BCUT2D eigenvalue weighted by Gasteiger charge is 2.18. The number of nitrogens with one attached hydrogen (secondary N) is 1. The quantitative estimate of drug-likeness (QED) is 0.351. The van der Waals surface area contributed by atoms with Gasteiger partial charge in [0.15, 0.2) is 6.61 Å². The number of benzene rings is 3. The van der Waals surface area contributed by atoms with Crippen molar-refractivity contribution in [1.82, 2.24) is 5.43 Å². The van der Waals surface area contributed by atoms with Crippen LogP contribution in [0.1, 0.15) is 37.5 Å². The van der Waals surface area contributed by atoms with Gasteiger partial charge in [0.05, 0.1) is 6.21 Å². The molecular formula is C26H27ClN2O3. The van der Waals surface area contributed by atoms with Gasteiger partial charge in [0.25, 0.3) is 5.91 Å². The number of hydrogen-bond acceptors (Lipinski definition) is 4. The van der Waals surface area contributed by atoms with E-state index in [0.29, 0.717) is 17.4 Å². The van der Waals surface area contributed by atoms with Crippen LogP contribution in [-0.4, -0.2) is 18.7 Å². The summed E-state index contributed by atoms with van der Waals surface area (Å²) in [6.45, 7) is 6.59. The molecule has 0 aliphatic heterocycles. The van der Waals surface area contributed by atoms with Crippen LogP contribution in [0.5, 0.6) is 11.5 Å². The maximum Gasteiger partial charge on any atom is 0.277 e. The SMILES string of the molecule is CC(C)(C)c1ccccc1OCC(=O)N/N=C/c1ccc(OCc2ccccc2Cl)cc1. The summed E-state index contributed by atoms with van der Waals surface area (Å²) in [4.78, 5) is 12.1. The van der Waals surface area contributed by atoms with Gasteiger partial charge in [-0.25, -0.2) is 5.43 Å². The van der Waals surface area contributed by atoms with E-state index in [1.807, 2.05) is 72.8 Å². The zero-order valence-electron chi connectivity index (χ0n) is 18.5. The van der Waals surface area contributed by atoms with Crippen LogP contribution in [0, 0.1) is 0 Å². The first-order valence-electron chi connectivity index (χ1n) is 10.3. The molecule has 6 heteroatoms. The Bertz CT molecular complexity index is 1070. The molecule has 32 heavy (non-hydrogen) atoms. The first kappa shape index (κ1) is 23.4. The van der Waals surface area contributed by atoms with Gasteiger partial charge in [-0.05, 0) is 52.9 Å². The summed E-state index contributed by atoms with van der Waals surface area (Å²) in [5.41, 5.74) is 5.21. The number of rotatable bonds is 8. The minimum Gasteiger partial charge on any atom is -0.489 e. The highest BCUT2D eigenvalue weighted by atomic mass is 35.5. The van der Waals surface area contributed by atoms with Crippen molar-refractivity contribution in [3.63, 3.8) is 0 Å². The Morgan fingerprint density at radius 2 is 1.66 bits per heavy atom. The summed E-state index contributed by atoms with van der Waals surface area (Å²) < 4.78 is 11.5. The number of amides is 1. The molecule has 0 saturated carbocycles. The van der Waals surface area contributed by atoms with Gasteiger partial charge in [-0.1, -0.05) is 68.8 Å². The van der Waals surface area contributed by atoms with Crippen LogP contribution in [0.2, 0.25) is 5.02 Å². The summed E-state index contributed by atoms with van der Waals surface area (Å²) in [6.07, 6.45) is 1.57. The minimum atomic E-state index is -0.329. The van der Waals surface area contributed by atoms with E-state index >= 15 is 0 Å². The van der Waals surface area contributed by atoms with E-state index in [9.17, 15) is 4.79 Å². The van der Waals surface area contributed by atoms with Crippen LogP contribution in [0.3, 0.4) is 0 Å². The van der Waals surface area contributed by atoms with E-state index in [-0.39, 0.29) is 17.9 Å². The molecule has 0 aromatic heterocycles. The number of hydrogen-bond donors (Lipinski definition) is 1. The lowest BCUT2D eigenvalue weighted by molar-refractivity contribution is -0.123. The fraction of sp³-hybridized carbons (Fsp3) is 0.231. The smallest absolute Gasteiger partial charge is 0.277 e. The van der Waals surface area contributed by atoms with Crippen molar-refractivity contribution in [3.05, 3.63) is 94.5 Å². The van der Waals surface area contributed by atoms with Gasteiger partial charge in [0, 0.05) is 10.6 Å². The zero-order chi connectivity index (χ0) is 23.0. The van der Waals surface area contributed by atoms with E-state index in [1.165, 1.54) is 0 Å². The van der Waals surface area contributed by atoms with Crippen molar-refractivity contribution in [2.24, 2.45) is 5.10 Å². The number of carbonyl (C=O) groups excluding carboxylic acids is 1. The normalized spacial score (nSPS) is 11.4. The molecule has 166 valence electrons. The number of halogens is 1. The van der Waals surface area contributed by atoms with Gasteiger partial charge in [-0.3, -0.25) is 4.79 Å². The van der Waals surface area contributed by atoms with E-state index < -0.39 is 0 Å². The molecule has 0 radical (unpaired) electrons. The Hall–Kier alpha value is -3.31. The second kappa shape index (κ2) is 10.8. The van der Waals surface area contributed by atoms with Crippen molar-refractivity contribution >= 4 is 23.7 Å². The number of ether oxygens (including phenoxy) is 2. The Labute approximate surface area is 194 Å². The van der Waals surface area contributed by atoms with Gasteiger partial charge in [-0.15, -0.1) is 0 Å². The van der Waals surface area contributed by atoms with Crippen molar-refractivity contribution in [3.8, 4) is 11.5 Å². The van der Waals surface area contributed by atoms with Crippen LogP contribution in [0.4, 0.5) is 0 Å². The third kappa shape index (κ3) is 6.86. The van der Waals surface area contributed by atoms with Crippen molar-refractivity contribution < 1.29 is 14.3 Å². The molecular weight excluding hydrogens is 424 g/mol. The lowest BCUT2D eigenvalue weighted by Gasteiger charge is -2.22. The minimum absolute atomic E-state index is 0.0749. The Balaban J connectivity index is 1.47. The third-order valence-corrected chi connectivity index (χ3v) is 5.06. The Kier molecular flexibility index (Phi) is 7.90. The predicted octanol–water partition coefficient (Wildman–Crippen LogP) is 5.75. The number of carbonyl (C=O) groups is 1. The van der Waals surface area contributed by atoms with Crippen LogP contribution in [-0.2, 0) is 16.8 Å². The molecule has 0 aliphatic carbocycles. The lowest BCUT2D eigenvalue weighted by Crippen LogP contribution is -2.25. The molecule has 0 spiro atoms. The molecule has 3 rings (SSSR count). The average molecular weight is 451 g/mol. The average Bonchev–Trinajstić information content (AvgIpc) is 2.77. The van der Waals surface area contributed by atoms with Crippen molar-refractivity contribution in [2.75, 3.05) is 6.61 Å². The maximum absolute atomic E-state index is 12.1. The Morgan fingerprint density at radius 1 is 0.969 bits per heavy atom. The summed E-state index contributed by atoms with van der Waals surface area (Å²) >= 11 is 6.14. The number of nitrogens with zero attached hydrogens (tertiary/aromatic N) is 1. The monoisotopic (exact) mass is 450 g/mol. The van der Waals surface area contributed by atoms with Crippen molar-refractivity contribution in [2.45, 2.75) is 32.8 Å². The second-order valence-corrected chi connectivity index (χ2v) is 8.68. The molecule has 0 bridgehead atoms. The maximum atomic E-state index is 12.1. The second-order valence-electron chi connectivity index (χ2n) is 8.28. The Morgan fingerprint density at radius 3 is 2.38 bits per heavy atom. The highest BCUT2D eigenvalue weighted by Crippen LogP contribution is 2.30. The molecule has 3 aromatic carbocycles. The van der Waals surface area contributed by atoms with Gasteiger partial charge in [0.2, 0.25) is 0 Å². The molecule has 1 amide bonds. The third-order valence-electron chi connectivity index (χ3n) is 4.69. The van der Waals surface area contributed by atoms with Gasteiger partial charge >= 0.3 is 0 Å². The molecule has 0 heterocycles.